The molecule has 4 unspecified atom stereocenters. The number of rotatable bonds is 5. The number of hydrogen-bond donors (Lipinski definition) is 3. The molecule has 0 aliphatic carbocycles. The summed E-state index contributed by atoms with van der Waals surface area (Å²) in [5, 5.41) is 18.0. The Hall–Kier alpha value is -2.27. The number of morpholine rings is 1. The van der Waals surface area contributed by atoms with Crippen molar-refractivity contribution in [1.82, 2.24) is 20.1 Å². The highest BCUT2D eigenvalue weighted by molar-refractivity contribution is 7.89. The maximum absolute atomic E-state index is 13.0. The number of sulfonamides is 1. The first-order valence-corrected chi connectivity index (χ1v) is 13.6. The summed E-state index contributed by atoms with van der Waals surface area (Å²) in [6.45, 7) is 4.50. The maximum Gasteiger partial charge on any atom is 0.243 e. The third-order valence-electron chi connectivity index (χ3n) is 7.33. The summed E-state index contributed by atoms with van der Waals surface area (Å²) in [5.74, 6) is -0.573. The fraction of sp³-hybridized carbons (Fsp3) is 0.652. The van der Waals surface area contributed by atoms with E-state index in [1.165, 1.54) is 4.31 Å². The first kappa shape index (κ1) is 24.4. The zero-order valence-electron chi connectivity index (χ0n) is 19.7. The molecule has 12 heteroatoms. The summed E-state index contributed by atoms with van der Waals surface area (Å²) in [4.78, 5) is 13.1. The van der Waals surface area contributed by atoms with Crippen LogP contribution in [0, 0.1) is 23.2 Å². The molecular weight excluding hydrogens is 472 g/mol. The first-order chi connectivity index (χ1) is 16.9. The van der Waals surface area contributed by atoms with Gasteiger partial charge in [-0.25, -0.2) is 18.9 Å². The summed E-state index contributed by atoms with van der Waals surface area (Å²) in [7, 11) is -3.61. The van der Waals surface area contributed by atoms with Gasteiger partial charge < -0.3 is 20.1 Å². The topological polar surface area (TPSA) is 136 Å². The SMILES string of the molecule is CC1CN(S(=O)(=O)c2ccc(NC3NN([C@H]4COCC[C@@H]4C#N)C4CCNC(=O)C34)cc2)CCO1. The van der Waals surface area contributed by atoms with Crippen molar-refractivity contribution in [3.05, 3.63) is 24.3 Å². The highest BCUT2D eigenvalue weighted by Gasteiger charge is 2.51. The van der Waals surface area contributed by atoms with Crippen LogP contribution in [0.5, 0.6) is 0 Å². The van der Waals surface area contributed by atoms with Crippen LogP contribution < -0.4 is 16.1 Å². The van der Waals surface area contributed by atoms with Crippen LogP contribution >= 0.6 is 0 Å². The van der Waals surface area contributed by atoms with Crippen LogP contribution in [0.15, 0.2) is 29.2 Å². The van der Waals surface area contributed by atoms with Gasteiger partial charge in [0.25, 0.3) is 0 Å². The zero-order valence-corrected chi connectivity index (χ0v) is 20.5. The highest BCUT2D eigenvalue weighted by atomic mass is 32.2. The highest BCUT2D eigenvalue weighted by Crippen LogP contribution is 2.34. The van der Waals surface area contributed by atoms with Crippen molar-refractivity contribution >= 4 is 21.6 Å². The van der Waals surface area contributed by atoms with E-state index in [0.29, 0.717) is 51.6 Å². The zero-order chi connectivity index (χ0) is 24.6. The number of carbonyl (C=O) groups is 1. The summed E-state index contributed by atoms with van der Waals surface area (Å²) >= 11 is 0. The Morgan fingerprint density at radius 3 is 2.71 bits per heavy atom. The average Bonchev–Trinajstić information content (AvgIpc) is 3.23. The fourth-order valence-corrected chi connectivity index (χ4v) is 7.00. The predicted octanol–water partition coefficient (Wildman–Crippen LogP) is 0.0876. The molecule has 4 aliphatic heterocycles. The molecule has 3 N–H and O–H groups in total. The average molecular weight is 505 g/mol. The molecular formula is C23H32N6O5S. The second kappa shape index (κ2) is 10.0. The Balaban J connectivity index is 1.32. The van der Waals surface area contributed by atoms with E-state index in [9.17, 15) is 18.5 Å². The molecule has 1 aromatic carbocycles. The van der Waals surface area contributed by atoms with Crippen molar-refractivity contribution in [1.29, 1.82) is 5.26 Å². The van der Waals surface area contributed by atoms with Gasteiger partial charge in [0, 0.05) is 38.0 Å². The summed E-state index contributed by atoms with van der Waals surface area (Å²) in [6, 6.07) is 8.82. The van der Waals surface area contributed by atoms with Crippen LogP contribution in [0.4, 0.5) is 5.69 Å². The summed E-state index contributed by atoms with van der Waals surface area (Å²) in [6.07, 6.45) is 0.898. The number of carbonyl (C=O) groups excluding carboxylic acids is 1. The number of piperidine rings is 1. The quantitative estimate of drug-likeness (QED) is 0.510. The Morgan fingerprint density at radius 1 is 1.17 bits per heavy atom. The monoisotopic (exact) mass is 504 g/mol. The largest absolute Gasteiger partial charge is 0.380 e. The van der Waals surface area contributed by atoms with Crippen LogP contribution in [0.1, 0.15) is 19.8 Å². The molecule has 0 bridgehead atoms. The van der Waals surface area contributed by atoms with E-state index < -0.39 is 16.2 Å². The van der Waals surface area contributed by atoms with Crippen molar-refractivity contribution in [3.63, 3.8) is 0 Å². The van der Waals surface area contributed by atoms with Crippen LogP contribution in [-0.2, 0) is 24.3 Å². The number of amides is 1. The van der Waals surface area contributed by atoms with E-state index >= 15 is 0 Å². The third kappa shape index (κ3) is 4.76. The molecule has 0 radical (unpaired) electrons. The normalized spacial score (nSPS) is 34.6. The van der Waals surface area contributed by atoms with Gasteiger partial charge in [-0.1, -0.05) is 0 Å². The van der Waals surface area contributed by atoms with Crippen LogP contribution in [-0.4, -0.2) is 87.4 Å². The lowest BCUT2D eigenvalue weighted by atomic mass is 9.88. The van der Waals surface area contributed by atoms with Gasteiger partial charge in [-0.15, -0.1) is 0 Å². The van der Waals surface area contributed by atoms with E-state index in [-0.39, 0.29) is 40.8 Å². The van der Waals surface area contributed by atoms with E-state index in [4.69, 9.17) is 9.47 Å². The number of hydrazine groups is 1. The Labute approximate surface area is 205 Å². The Morgan fingerprint density at radius 2 is 1.97 bits per heavy atom. The standard InChI is InChI=1S/C23H32N6O5S/c1-15-13-28(9-11-34-15)35(31,32)18-4-2-17(3-5-18)26-22-21-19(6-8-25-23(21)30)29(27-22)20-14-33-10-7-16(20)12-24/h2-5,15-16,19-22,26-27H,6-11,13-14H2,1H3,(H,25,30)/t15?,16-,19?,20+,21?,22?/m1/s1. The van der Waals surface area contributed by atoms with E-state index in [2.05, 4.69) is 22.1 Å². The number of nitrogens with zero attached hydrogens (tertiary/aromatic N) is 3. The van der Waals surface area contributed by atoms with Crippen LogP contribution in [0.25, 0.3) is 0 Å². The minimum Gasteiger partial charge on any atom is -0.380 e. The van der Waals surface area contributed by atoms with Gasteiger partial charge in [-0.3, -0.25) is 4.79 Å². The molecule has 0 saturated carbocycles. The van der Waals surface area contributed by atoms with E-state index in [0.717, 1.165) is 6.42 Å². The van der Waals surface area contributed by atoms with Crippen molar-refractivity contribution in [2.45, 2.75) is 49.0 Å². The molecule has 190 valence electrons. The lowest BCUT2D eigenvalue weighted by molar-refractivity contribution is -0.128. The van der Waals surface area contributed by atoms with Gasteiger partial charge in [-0.2, -0.15) is 9.57 Å². The molecule has 35 heavy (non-hydrogen) atoms. The van der Waals surface area contributed by atoms with Crippen molar-refractivity contribution in [3.8, 4) is 6.07 Å². The van der Waals surface area contributed by atoms with Gasteiger partial charge >= 0.3 is 0 Å². The molecule has 4 aliphatic rings. The van der Waals surface area contributed by atoms with E-state index in [1.54, 1.807) is 24.3 Å². The van der Waals surface area contributed by atoms with Crippen molar-refractivity contribution < 1.29 is 22.7 Å². The maximum atomic E-state index is 13.0. The first-order valence-electron chi connectivity index (χ1n) is 12.2. The molecule has 0 spiro atoms. The third-order valence-corrected chi connectivity index (χ3v) is 9.21. The number of ether oxygens (including phenoxy) is 2. The Bertz CT molecular complexity index is 1080. The molecule has 1 amide bonds. The van der Waals surface area contributed by atoms with Crippen molar-refractivity contribution in [2.75, 3.05) is 44.8 Å². The predicted molar refractivity (Wildman–Crippen MR) is 126 cm³/mol. The minimum absolute atomic E-state index is 0.0420. The van der Waals surface area contributed by atoms with Gasteiger partial charge in [0.05, 0.1) is 48.2 Å². The molecule has 0 aromatic heterocycles. The number of nitriles is 1. The van der Waals surface area contributed by atoms with E-state index in [1.807, 2.05) is 11.9 Å². The molecule has 1 aromatic rings. The van der Waals surface area contributed by atoms with Gasteiger partial charge in [-0.05, 0) is 44.0 Å². The van der Waals surface area contributed by atoms with Gasteiger partial charge in [0.15, 0.2) is 0 Å². The second-order valence-corrected chi connectivity index (χ2v) is 11.5. The summed E-state index contributed by atoms with van der Waals surface area (Å²) in [5.41, 5.74) is 4.14. The number of anilines is 1. The summed E-state index contributed by atoms with van der Waals surface area (Å²) < 4.78 is 38.7. The minimum atomic E-state index is -3.61. The molecule has 6 atom stereocenters. The fourth-order valence-electron chi connectivity index (χ4n) is 5.51. The molecule has 4 heterocycles. The molecule has 4 saturated heterocycles. The number of benzene rings is 1. The molecule has 5 rings (SSSR count). The lowest BCUT2D eigenvalue weighted by Crippen LogP contribution is -2.56. The smallest absolute Gasteiger partial charge is 0.243 e. The Kier molecular flexibility index (Phi) is 6.98. The molecule has 11 nitrogen and oxygen atoms in total. The van der Waals surface area contributed by atoms with Gasteiger partial charge in [0.2, 0.25) is 15.9 Å². The van der Waals surface area contributed by atoms with Crippen molar-refractivity contribution in [2.24, 2.45) is 11.8 Å². The molecule has 4 fully saturated rings. The second-order valence-electron chi connectivity index (χ2n) is 9.57. The van der Waals surface area contributed by atoms with Gasteiger partial charge in [0.1, 0.15) is 6.17 Å². The number of hydrogen-bond acceptors (Lipinski definition) is 9. The number of fused-ring (bicyclic) bond motifs is 1. The number of nitrogens with one attached hydrogen (secondary N) is 3. The van der Waals surface area contributed by atoms with Crippen LogP contribution in [0.2, 0.25) is 0 Å². The lowest BCUT2D eigenvalue weighted by Gasteiger charge is -2.39. The van der Waals surface area contributed by atoms with Crippen LogP contribution in [0.3, 0.4) is 0 Å².